The van der Waals surface area contributed by atoms with Crippen molar-refractivity contribution in [2.45, 2.75) is 24.0 Å². The lowest BCUT2D eigenvalue weighted by Gasteiger charge is -2.26. The standard InChI is InChI=1S/C18H19NO5S/c1-12(13-7-9-14(10-8-13)25(2,21)22)19-18(20)17-11-23-15-5-3-4-6-16(15)24-17/h3-10,12,17H,11H2,1-2H3,(H,19,20)/t12-,17-/m1/s1. The van der Waals surface area contributed by atoms with E-state index in [4.69, 9.17) is 9.47 Å². The third-order valence-corrected chi connectivity index (χ3v) is 5.10. The van der Waals surface area contributed by atoms with Gasteiger partial charge < -0.3 is 14.8 Å². The highest BCUT2D eigenvalue weighted by atomic mass is 32.2. The topological polar surface area (TPSA) is 81.7 Å². The summed E-state index contributed by atoms with van der Waals surface area (Å²) in [6.45, 7) is 1.97. The van der Waals surface area contributed by atoms with Gasteiger partial charge in [-0.05, 0) is 36.8 Å². The Bertz CT molecular complexity index is 877. The van der Waals surface area contributed by atoms with Crippen molar-refractivity contribution in [2.75, 3.05) is 12.9 Å². The minimum atomic E-state index is -3.24. The summed E-state index contributed by atoms with van der Waals surface area (Å²) in [5.41, 5.74) is 0.804. The second kappa shape index (κ2) is 6.76. The Morgan fingerprint density at radius 1 is 1.12 bits per heavy atom. The molecule has 2 aromatic rings. The lowest BCUT2D eigenvalue weighted by Crippen LogP contribution is -2.44. The normalized spacial score (nSPS) is 17.6. The molecular formula is C18H19NO5S. The third kappa shape index (κ3) is 3.93. The van der Waals surface area contributed by atoms with Gasteiger partial charge in [-0.1, -0.05) is 24.3 Å². The number of sulfone groups is 1. The summed E-state index contributed by atoms with van der Waals surface area (Å²) >= 11 is 0. The zero-order valence-electron chi connectivity index (χ0n) is 13.9. The molecule has 7 heteroatoms. The number of benzene rings is 2. The maximum atomic E-state index is 12.4. The fourth-order valence-electron chi connectivity index (χ4n) is 2.54. The molecule has 6 nitrogen and oxygen atoms in total. The predicted molar refractivity (Wildman–Crippen MR) is 92.5 cm³/mol. The van der Waals surface area contributed by atoms with E-state index in [-0.39, 0.29) is 23.5 Å². The van der Waals surface area contributed by atoms with Gasteiger partial charge in [-0.25, -0.2) is 8.42 Å². The Labute approximate surface area is 146 Å². The second-order valence-corrected chi connectivity index (χ2v) is 7.95. The molecule has 1 amide bonds. The van der Waals surface area contributed by atoms with E-state index in [1.165, 1.54) is 12.1 Å². The maximum Gasteiger partial charge on any atom is 0.265 e. The van der Waals surface area contributed by atoms with E-state index in [9.17, 15) is 13.2 Å². The molecule has 0 aliphatic carbocycles. The van der Waals surface area contributed by atoms with Crippen LogP contribution in [0.1, 0.15) is 18.5 Å². The van der Waals surface area contributed by atoms with Crippen LogP contribution in [0.5, 0.6) is 11.5 Å². The van der Waals surface area contributed by atoms with Gasteiger partial charge >= 0.3 is 0 Å². The van der Waals surface area contributed by atoms with Crippen LogP contribution in [-0.4, -0.2) is 33.3 Å². The Hall–Kier alpha value is -2.54. The molecule has 0 saturated heterocycles. The number of nitrogens with one attached hydrogen (secondary N) is 1. The Kier molecular flexibility index (Phi) is 4.67. The molecule has 0 unspecified atom stereocenters. The number of carbonyl (C=O) groups is 1. The zero-order chi connectivity index (χ0) is 18.0. The van der Waals surface area contributed by atoms with Crippen LogP contribution in [0.25, 0.3) is 0 Å². The molecule has 3 rings (SSSR count). The molecule has 132 valence electrons. The summed E-state index contributed by atoms with van der Waals surface area (Å²) in [5, 5.41) is 2.86. The first-order valence-electron chi connectivity index (χ1n) is 7.83. The number of fused-ring (bicyclic) bond motifs is 1. The van der Waals surface area contributed by atoms with E-state index in [0.29, 0.717) is 11.5 Å². The third-order valence-electron chi connectivity index (χ3n) is 3.97. The molecule has 0 bridgehead atoms. The van der Waals surface area contributed by atoms with Crippen LogP contribution in [0.15, 0.2) is 53.4 Å². The number of ether oxygens (including phenoxy) is 2. The quantitative estimate of drug-likeness (QED) is 0.902. The number of carbonyl (C=O) groups excluding carboxylic acids is 1. The van der Waals surface area contributed by atoms with Crippen LogP contribution < -0.4 is 14.8 Å². The molecule has 0 aromatic heterocycles. The van der Waals surface area contributed by atoms with Gasteiger partial charge in [-0.3, -0.25) is 4.79 Å². The minimum Gasteiger partial charge on any atom is -0.485 e. The van der Waals surface area contributed by atoms with Gasteiger partial charge in [0.2, 0.25) is 6.10 Å². The molecule has 25 heavy (non-hydrogen) atoms. The molecule has 1 aliphatic rings. The van der Waals surface area contributed by atoms with Crippen molar-refractivity contribution in [1.29, 1.82) is 0 Å². The van der Waals surface area contributed by atoms with Crippen LogP contribution in [0.4, 0.5) is 0 Å². The van der Waals surface area contributed by atoms with Gasteiger partial charge in [-0.15, -0.1) is 0 Å². The average Bonchev–Trinajstić information content (AvgIpc) is 2.60. The van der Waals surface area contributed by atoms with Crippen LogP contribution in [0, 0.1) is 0 Å². The lowest BCUT2D eigenvalue weighted by atomic mass is 10.1. The van der Waals surface area contributed by atoms with Gasteiger partial charge in [0, 0.05) is 6.26 Å². The second-order valence-electron chi connectivity index (χ2n) is 5.94. The number of amides is 1. The Morgan fingerprint density at radius 2 is 1.76 bits per heavy atom. The predicted octanol–water partition coefficient (Wildman–Crippen LogP) is 2.11. The van der Waals surface area contributed by atoms with E-state index >= 15 is 0 Å². The Morgan fingerprint density at radius 3 is 2.40 bits per heavy atom. The van der Waals surface area contributed by atoms with Crippen LogP contribution in [0.3, 0.4) is 0 Å². The summed E-state index contributed by atoms with van der Waals surface area (Å²) in [7, 11) is -3.24. The summed E-state index contributed by atoms with van der Waals surface area (Å²) < 4.78 is 34.2. The van der Waals surface area contributed by atoms with E-state index in [1.54, 1.807) is 24.3 Å². The molecule has 0 fully saturated rings. The highest BCUT2D eigenvalue weighted by molar-refractivity contribution is 7.90. The first-order chi connectivity index (χ1) is 11.8. The van der Waals surface area contributed by atoms with Gasteiger partial charge in [-0.2, -0.15) is 0 Å². The number of para-hydroxylation sites is 2. The van der Waals surface area contributed by atoms with E-state index in [0.717, 1.165) is 11.8 Å². The highest BCUT2D eigenvalue weighted by Crippen LogP contribution is 2.31. The van der Waals surface area contributed by atoms with Crippen molar-refractivity contribution in [3.63, 3.8) is 0 Å². The molecule has 1 heterocycles. The maximum absolute atomic E-state index is 12.4. The van der Waals surface area contributed by atoms with Crippen molar-refractivity contribution in [2.24, 2.45) is 0 Å². The largest absolute Gasteiger partial charge is 0.485 e. The summed E-state index contributed by atoms with van der Waals surface area (Å²) in [5.74, 6) is 0.879. The van der Waals surface area contributed by atoms with Gasteiger partial charge in [0.25, 0.3) is 5.91 Å². The molecule has 2 aromatic carbocycles. The Balaban J connectivity index is 1.65. The molecule has 2 atom stereocenters. The van der Waals surface area contributed by atoms with Crippen LogP contribution in [-0.2, 0) is 14.6 Å². The minimum absolute atomic E-state index is 0.141. The van der Waals surface area contributed by atoms with Crippen LogP contribution >= 0.6 is 0 Å². The SMILES string of the molecule is C[C@@H](NC(=O)[C@H]1COc2ccccc2O1)c1ccc(S(C)(=O)=O)cc1. The summed E-state index contributed by atoms with van der Waals surface area (Å²) in [4.78, 5) is 12.7. The van der Waals surface area contributed by atoms with E-state index < -0.39 is 15.9 Å². The van der Waals surface area contributed by atoms with E-state index in [2.05, 4.69) is 5.32 Å². The molecule has 1 aliphatic heterocycles. The fraction of sp³-hybridized carbons (Fsp3) is 0.278. The van der Waals surface area contributed by atoms with Crippen molar-refractivity contribution < 1.29 is 22.7 Å². The van der Waals surface area contributed by atoms with Crippen LogP contribution in [0.2, 0.25) is 0 Å². The number of hydrogen-bond acceptors (Lipinski definition) is 5. The van der Waals surface area contributed by atoms with Crippen molar-refractivity contribution in [3.05, 3.63) is 54.1 Å². The van der Waals surface area contributed by atoms with Gasteiger partial charge in [0.1, 0.15) is 6.61 Å². The average molecular weight is 361 g/mol. The van der Waals surface area contributed by atoms with Crippen molar-refractivity contribution in [3.8, 4) is 11.5 Å². The number of hydrogen-bond donors (Lipinski definition) is 1. The van der Waals surface area contributed by atoms with Crippen molar-refractivity contribution >= 4 is 15.7 Å². The summed E-state index contributed by atoms with van der Waals surface area (Å²) in [6, 6.07) is 13.3. The zero-order valence-corrected chi connectivity index (χ0v) is 14.7. The smallest absolute Gasteiger partial charge is 0.265 e. The fourth-order valence-corrected chi connectivity index (χ4v) is 3.17. The lowest BCUT2D eigenvalue weighted by molar-refractivity contribution is -0.131. The van der Waals surface area contributed by atoms with Crippen molar-refractivity contribution in [1.82, 2.24) is 5.32 Å². The molecule has 0 radical (unpaired) electrons. The first kappa shape index (κ1) is 17.3. The number of rotatable bonds is 4. The van der Waals surface area contributed by atoms with E-state index in [1.807, 2.05) is 19.1 Å². The summed E-state index contributed by atoms with van der Waals surface area (Å²) in [6.07, 6.45) is 0.429. The monoisotopic (exact) mass is 361 g/mol. The van der Waals surface area contributed by atoms with Gasteiger partial charge in [0.05, 0.1) is 10.9 Å². The molecule has 0 spiro atoms. The highest BCUT2D eigenvalue weighted by Gasteiger charge is 2.28. The molecule has 0 saturated carbocycles. The molecule has 1 N–H and O–H groups in total. The first-order valence-corrected chi connectivity index (χ1v) is 9.72. The molecular weight excluding hydrogens is 342 g/mol. The van der Waals surface area contributed by atoms with Gasteiger partial charge in [0.15, 0.2) is 21.3 Å².